The zero-order valence-electron chi connectivity index (χ0n) is 49.3. The third-order valence-electron chi connectivity index (χ3n) is 13.9. The third kappa shape index (κ3) is 57.6. The molecule has 1 amide bonds. The summed E-state index contributed by atoms with van der Waals surface area (Å²) in [4.78, 5) is 25.5. The molecule has 0 heterocycles. The number of allylic oxidation sites excluding steroid dienone is 11. The van der Waals surface area contributed by atoms with Crippen molar-refractivity contribution < 1.29 is 32.9 Å². The van der Waals surface area contributed by atoms with Crippen LogP contribution in [0.1, 0.15) is 284 Å². The van der Waals surface area contributed by atoms with Gasteiger partial charge in [0.2, 0.25) is 5.91 Å². The van der Waals surface area contributed by atoms with Gasteiger partial charge >= 0.3 is 0 Å². The van der Waals surface area contributed by atoms with E-state index < -0.39 is 26.6 Å². The van der Waals surface area contributed by atoms with Crippen molar-refractivity contribution in [3.05, 3.63) is 72.9 Å². The van der Waals surface area contributed by atoms with Crippen molar-refractivity contribution >= 4 is 13.7 Å². The van der Waals surface area contributed by atoms with Gasteiger partial charge in [-0.2, -0.15) is 0 Å². The van der Waals surface area contributed by atoms with E-state index in [-0.39, 0.29) is 12.5 Å². The molecule has 8 nitrogen and oxygen atoms in total. The number of carbonyl (C=O) groups excluding carboxylic acids is 1. The van der Waals surface area contributed by atoms with Crippen molar-refractivity contribution in [3.8, 4) is 0 Å². The van der Waals surface area contributed by atoms with Gasteiger partial charge in [0.1, 0.15) is 13.2 Å². The standard InChI is InChI=1S/C65H121N2O6P/c1-6-8-10-12-14-16-18-20-22-24-26-27-28-29-30-31-32-33-34-35-36-37-38-39-41-43-45-47-49-51-53-55-57-59-65(69)66-63(62-73-74(70,71)72-61-60-67(3,4)5)64(68)58-56-54-52-50-48-46-44-42-40-25-23-21-19-17-15-13-11-9-7-2/h8,10,14,16,20,22,26-27,48,50,56,58,63-64,68H,6-7,9,11-13,15,17-19,21,23-25,28-47,49,51-55,57,59-62H2,1-5H3,(H-,66,69,70,71)/b10-8-,16-14-,22-20-,27-26-,50-48+,58-56+. The molecule has 0 aliphatic carbocycles. The average molecular weight is 1060 g/mol. The smallest absolute Gasteiger partial charge is 0.268 e. The van der Waals surface area contributed by atoms with Crippen LogP contribution in [-0.2, 0) is 18.4 Å². The van der Waals surface area contributed by atoms with Gasteiger partial charge in [0.05, 0.1) is 39.9 Å². The van der Waals surface area contributed by atoms with Gasteiger partial charge in [-0.3, -0.25) is 9.36 Å². The van der Waals surface area contributed by atoms with E-state index in [0.29, 0.717) is 17.4 Å². The van der Waals surface area contributed by atoms with Gasteiger partial charge in [0.15, 0.2) is 0 Å². The van der Waals surface area contributed by atoms with E-state index in [2.05, 4.69) is 79.9 Å². The number of quaternary nitrogens is 1. The fraction of sp³-hybridized carbons (Fsp3) is 0.800. The van der Waals surface area contributed by atoms with Gasteiger partial charge in [-0.15, -0.1) is 0 Å². The van der Waals surface area contributed by atoms with Crippen LogP contribution in [0.3, 0.4) is 0 Å². The van der Waals surface area contributed by atoms with Crippen LogP contribution in [0.15, 0.2) is 72.9 Å². The molecular weight excluding hydrogens is 936 g/mol. The number of likely N-dealkylation sites (N-methyl/N-ethyl adjacent to an activating group) is 1. The van der Waals surface area contributed by atoms with E-state index in [9.17, 15) is 19.4 Å². The maximum atomic E-state index is 13.0. The lowest BCUT2D eigenvalue weighted by Crippen LogP contribution is -2.45. The Morgan fingerprint density at radius 1 is 0.486 bits per heavy atom. The fourth-order valence-electron chi connectivity index (χ4n) is 9.05. The monoisotopic (exact) mass is 1060 g/mol. The molecule has 0 radical (unpaired) electrons. The summed E-state index contributed by atoms with van der Waals surface area (Å²) in [5, 5.41) is 13.9. The molecule has 2 N–H and O–H groups in total. The molecule has 0 saturated heterocycles. The number of nitrogens with zero attached hydrogens (tertiary/aromatic N) is 1. The number of amides is 1. The Hall–Kier alpha value is -2.06. The molecule has 0 aliphatic rings. The number of hydrogen-bond acceptors (Lipinski definition) is 6. The lowest BCUT2D eigenvalue weighted by Gasteiger charge is -2.29. The molecule has 0 aromatic rings. The molecule has 0 aromatic heterocycles. The van der Waals surface area contributed by atoms with E-state index in [1.54, 1.807) is 6.08 Å². The predicted molar refractivity (Wildman–Crippen MR) is 320 cm³/mol. The van der Waals surface area contributed by atoms with Crippen LogP contribution in [0.5, 0.6) is 0 Å². The first-order valence-corrected chi connectivity index (χ1v) is 32.8. The summed E-state index contributed by atoms with van der Waals surface area (Å²) in [7, 11) is 1.25. The second-order valence-electron chi connectivity index (χ2n) is 22.4. The molecule has 432 valence electrons. The highest BCUT2D eigenvalue weighted by atomic mass is 31.2. The van der Waals surface area contributed by atoms with Gasteiger partial charge < -0.3 is 28.8 Å². The van der Waals surface area contributed by atoms with Crippen LogP contribution < -0.4 is 10.2 Å². The molecule has 74 heavy (non-hydrogen) atoms. The number of aliphatic hydroxyl groups excluding tert-OH is 1. The van der Waals surface area contributed by atoms with E-state index >= 15 is 0 Å². The second kappa shape index (κ2) is 55.7. The Morgan fingerprint density at radius 2 is 0.838 bits per heavy atom. The quantitative estimate of drug-likeness (QED) is 0.0272. The van der Waals surface area contributed by atoms with E-state index in [1.807, 2.05) is 27.2 Å². The minimum absolute atomic E-state index is 0.00678. The highest BCUT2D eigenvalue weighted by molar-refractivity contribution is 7.45. The van der Waals surface area contributed by atoms with Crippen LogP contribution in [0.4, 0.5) is 0 Å². The summed E-state index contributed by atoms with van der Waals surface area (Å²) < 4.78 is 23.4. The van der Waals surface area contributed by atoms with Gasteiger partial charge in [-0.25, -0.2) is 0 Å². The largest absolute Gasteiger partial charge is 0.756 e. The summed E-state index contributed by atoms with van der Waals surface area (Å²) in [6.45, 7) is 4.54. The SMILES string of the molecule is CC/C=C\C/C=C\C/C=C\C/C=C\CCCCCCCCCCCCCCCCCCCCCCC(=O)NC(COP(=O)([O-])OCC[N+](C)(C)C)C(O)/C=C/CC/C=C/CCCCCCCCCCCCCCC. The summed E-state index contributed by atoms with van der Waals surface area (Å²) in [5.74, 6) is -0.204. The highest BCUT2D eigenvalue weighted by Crippen LogP contribution is 2.38. The minimum Gasteiger partial charge on any atom is -0.756 e. The van der Waals surface area contributed by atoms with Crippen LogP contribution in [-0.4, -0.2) is 68.5 Å². The zero-order valence-corrected chi connectivity index (χ0v) is 50.2. The van der Waals surface area contributed by atoms with Gasteiger partial charge in [-0.05, 0) is 70.6 Å². The van der Waals surface area contributed by atoms with Crippen LogP contribution in [0.2, 0.25) is 0 Å². The predicted octanol–water partition coefficient (Wildman–Crippen LogP) is 18.8. The Kier molecular flexibility index (Phi) is 54.1. The maximum absolute atomic E-state index is 13.0. The first-order valence-electron chi connectivity index (χ1n) is 31.3. The number of unbranched alkanes of at least 4 members (excludes halogenated alkanes) is 34. The van der Waals surface area contributed by atoms with E-state index in [4.69, 9.17) is 9.05 Å². The molecule has 0 aromatic carbocycles. The summed E-state index contributed by atoms with van der Waals surface area (Å²) in [5.41, 5.74) is 0. The summed E-state index contributed by atoms with van der Waals surface area (Å²) >= 11 is 0. The molecule has 0 saturated carbocycles. The van der Waals surface area contributed by atoms with Crippen molar-refractivity contribution in [1.82, 2.24) is 5.32 Å². The zero-order chi connectivity index (χ0) is 54.2. The topological polar surface area (TPSA) is 108 Å². The molecule has 0 fully saturated rings. The number of phosphoric acid groups is 1. The minimum atomic E-state index is -4.61. The Labute approximate surface area is 459 Å². The number of phosphoric ester groups is 1. The van der Waals surface area contributed by atoms with Crippen molar-refractivity contribution in [2.75, 3.05) is 40.9 Å². The van der Waals surface area contributed by atoms with Crippen LogP contribution in [0, 0.1) is 0 Å². The Morgan fingerprint density at radius 3 is 1.26 bits per heavy atom. The lowest BCUT2D eigenvalue weighted by molar-refractivity contribution is -0.870. The second-order valence-corrected chi connectivity index (χ2v) is 23.8. The number of nitrogens with one attached hydrogen (secondary N) is 1. The van der Waals surface area contributed by atoms with Crippen LogP contribution in [0.25, 0.3) is 0 Å². The average Bonchev–Trinajstić information content (AvgIpc) is 3.36. The molecule has 0 bridgehead atoms. The molecular formula is C65H121N2O6P. The van der Waals surface area contributed by atoms with Gasteiger partial charge in [0, 0.05) is 6.42 Å². The number of rotatable bonds is 57. The molecule has 3 unspecified atom stereocenters. The van der Waals surface area contributed by atoms with Gasteiger partial charge in [0.25, 0.3) is 7.82 Å². The molecule has 0 rings (SSSR count). The normalized spacial score (nSPS) is 14.3. The maximum Gasteiger partial charge on any atom is 0.268 e. The fourth-order valence-corrected chi connectivity index (χ4v) is 9.77. The first-order chi connectivity index (χ1) is 36.0. The molecule has 0 spiro atoms. The molecule has 0 aliphatic heterocycles. The van der Waals surface area contributed by atoms with Crippen molar-refractivity contribution in [1.29, 1.82) is 0 Å². The first kappa shape index (κ1) is 71.9. The van der Waals surface area contributed by atoms with Crippen molar-refractivity contribution in [2.45, 2.75) is 296 Å². The molecule has 9 heteroatoms. The number of hydrogen-bond donors (Lipinski definition) is 2. The highest BCUT2D eigenvalue weighted by Gasteiger charge is 2.23. The van der Waals surface area contributed by atoms with Crippen molar-refractivity contribution in [3.63, 3.8) is 0 Å². The lowest BCUT2D eigenvalue weighted by atomic mass is 10.0. The van der Waals surface area contributed by atoms with Gasteiger partial charge in [-0.1, -0.05) is 279 Å². The third-order valence-corrected chi connectivity index (χ3v) is 14.9. The number of aliphatic hydroxyl groups is 1. The Bertz CT molecular complexity index is 1430. The van der Waals surface area contributed by atoms with E-state index in [1.165, 1.54) is 199 Å². The number of carbonyl (C=O) groups is 1. The van der Waals surface area contributed by atoms with Crippen molar-refractivity contribution in [2.24, 2.45) is 0 Å². The van der Waals surface area contributed by atoms with Crippen LogP contribution >= 0.6 is 7.82 Å². The van der Waals surface area contributed by atoms with E-state index in [0.717, 1.165) is 64.2 Å². The summed E-state index contributed by atoms with van der Waals surface area (Å²) in [6, 6.07) is -0.905. The summed E-state index contributed by atoms with van der Waals surface area (Å²) in [6.07, 6.45) is 77.2. The Balaban J connectivity index is 4.09. The molecule has 3 atom stereocenters.